The Morgan fingerprint density at radius 1 is 1.00 bits per heavy atom. The molecule has 168 valence electrons. The minimum absolute atomic E-state index is 0.0635. The van der Waals surface area contributed by atoms with Gasteiger partial charge < -0.3 is 10.0 Å². The predicted octanol–water partition coefficient (Wildman–Crippen LogP) is 5.98. The van der Waals surface area contributed by atoms with Gasteiger partial charge in [0.15, 0.2) is 5.78 Å². The number of fused-ring (bicyclic) bond motifs is 5. The number of carbonyl (C=O) groups is 1. The number of benzene rings is 1. The van der Waals surface area contributed by atoms with E-state index < -0.39 is 5.60 Å². The highest BCUT2D eigenvalue weighted by Crippen LogP contribution is 2.68. The number of ketones is 1. The first-order chi connectivity index (χ1) is 14.7. The summed E-state index contributed by atoms with van der Waals surface area (Å²) >= 11 is 0. The zero-order valence-electron chi connectivity index (χ0n) is 19.7. The van der Waals surface area contributed by atoms with E-state index in [2.05, 4.69) is 51.1 Å². The predicted molar refractivity (Wildman–Crippen MR) is 126 cm³/mol. The van der Waals surface area contributed by atoms with Crippen LogP contribution in [0.2, 0.25) is 0 Å². The van der Waals surface area contributed by atoms with Crippen LogP contribution in [-0.2, 0) is 4.79 Å². The number of rotatable bonds is 2. The summed E-state index contributed by atoms with van der Waals surface area (Å²) in [6.45, 7) is 6.94. The largest absolute Gasteiger partial charge is 0.390 e. The van der Waals surface area contributed by atoms with Crippen molar-refractivity contribution in [3.63, 3.8) is 0 Å². The molecule has 1 aromatic carbocycles. The summed E-state index contributed by atoms with van der Waals surface area (Å²) in [7, 11) is 2.06. The third-order valence-corrected chi connectivity index (χ3v) is 10.5. The first kappa shape index (κ1) is 21.2. The normalized spacial score (nSPS) is 45.7. The lowest BCUT2D eigenvalue weighted by Crippen LogP contribution is -2.56. The number of hydrogen-bond donors (Lipinski definition) is 1. The molecule has 0 radical (unpaired) electrons. The van der Waals surface area contributed by atoms with Crippen LogP contribution in [0.1, 0.15) is 72.1 Å². The van der Waals surface area contributed by atoms with Gasteiger partial charge in [-0.3, -0.25) is 4.79 Å². The van der Waals surface area contributed by atoms with Gasteiger partial charge in [0.25, 0.3) is 0 Å². The van der Waals surface area contributed by atoms with Gasteiger partial charge in [0, 0.05) is 30.9 Å². The Morgan fingerprint density at radius 3 is 2.45 bits per heavy atom. The van der Waals surface area contributed by atoms with E-state index in [-0.39, 0.29) is 10.8 Å². The molecule has 0 aromatic heterocycles. The van der Waals surface area contributed by atoms with Gasteiger partial charge in [-0.1, -0.05) is 32.0 Å². The molecule has 1 N–H and O–H groups in total. The quantitative estimate of drug-likeness (QED) is 0.597. The lowest BCUT2D eigenvalue weighted by molar-refractivity contribution is -0.147. The van der Waals surface area contributed by atoms with Crippen molar-refractivity contribution in [1.82, 2.24) is 0 Å². The van der Waals surface area contributed by atoms with Gasteiger partial charge >= 0.3 is 0 Å². The maximum Gasteiger partial charge on any atom is 0.160 e. The molecule has 3 heteroatoms. The lowest BCUT2D eigenvalue weighted by Gasteiger charge is -2.61. The van der Waals surface area contributed by atoms with E-state index in [1.807, 2.05) is 18.2 Å². The number of nitrogens with zero attached hydrogens (tertiary/aromatic N) is 1. The topological polar surface area (TPSA) is 40.5 Å². The zero-order chi connectivity index (χ0) is 22.0. The molecule has 1 aromatic rings. The van der Waals surface area contributed by atoms with Crippen molar-refractivity contribution in [1.29, 1.82) is 0 Å². The van der Waals surface area contributed by atoms with Crippen LogP contribution in [0, 0.1) is 34.5 Å². The maximum absolute atomic E-state index is 13.1. The van der Waals surface area contributed by atoms with Crippen molar-refractivity contribution >= 4 is 11.5 Å². The van der Waals surface area contributed by atoms with Crippen LogP contribution in [0.15, 0.2) is 42.1 Å². The summed E-state index contributed by atoms with van der Waals surface area (Å²) in [6, 6.07) is 10.3. The first-order valence-corrected chi connectivity index (χ1v) is 12.4. The highest BCUT2D eigenvalue weighted by Gasteiger charge is 2.63. The molecule has 4 aliphatic rings. The molecule has 7 unspecified atom stereocenters. The molecular weight excluding hydrogens is 382 g/mol. The van der Waals surface area contributed by atoms with Gasteiger partial charge in [-0.15, -0.1) is 0 Å². The van der Waals surface area contributed by atoms with E-state index in [0.29, 0.717) is 35.9 Å². The fourth-order valence-corrected chi connectivity index (χ4v) is 8.34. The third-order valence-electron chi connectivity index (χ3n) is 10.5. The van der Waals surface area contributed by atoms with Crippen molar-refractivity contribution in [2.24, 2.45) is 34.5 Å². The SMILES string of the molecule is CN(C=C1CC2(C)C(CCC3C2CCC2(C)C3CCC2(C)O)CC1=O)c1ccccc1. The smallest absolute Gasteiger partial charge is 0.160 e. The van der Waals surface area contributed by atoms with Crippen LogP contribution in [0.25, 0.3) is 0 Å². The molecule has 5 rings (SSSR count). The summed E-state index contributed by atoms with van der Waals surface area (Å²) in [6.07, 6.45) is 10.6. The van der Waals surface area contributed by atoms with E-state index in [0.717, 1.165) is 30.5 Å². The molecule has 0 bridgehead atoms. The number of Topliss-reactive ketones (excluding diaryl/α,β-unsaturated/α-hetero) is 1. The fourth-order valence-electron chi connectivity index (χ4n) is 8.34. The Hall–Kier alpha value is -1.61. The van der Waals surface area contributed by atoms with Gasteiger partial charge in [0.1, 0.15) is 0 Å². The second-order valence-corrected chi connectivity index (χ2v) is 11.8. The third kappa shape index (κ3) is 3.14. The molecule has 4 aliphatic carbocycles. The molecule has 0 heterocycles. The second kappa shape index (κ2) is 7.20. The van der Waals surface area contributed by atoms with E-state index in [1.165, 1.54) is 25.7 Å². The molecule has 0 spiro atoms. The first-order valence-electron chi connectivity index (χ1n) is 12.4. The average molecular weight is 422 g/mol. The maximum atomic E-state index is 13.1. The molecule has 3 nitrogen and oxygen atoms in total. The Balaban J connectivity index is 1.43. The van der Waals surface area contributed by atoms with Crippen molar-refractivity contribution < 1.29 is 9.90 Å². The molecule has 7 atom stereocenters. The Bertz CT molecular complexity index is 890. The Morgan fingerprint density at radius 2 is 1.71 bits per heavy atom. The van der Waals surface area contributed by atoms with Crippen LogP contribution < -0.4 is 4.90 Å². The number of carbonyl (C=O) groups excluding carboxylic acids is 1. The number of para-hydroxylation sites is 1. The highest BCUT2D eigenvalue weighted by molar-refractivity contribution is 5.97. The molecule has 0 amide bonds. The molecule has 31 heavy (non-hydrogen) atoms. The van der Waals surface area contributed by atoms with Gasteiger partial charge in [-0.05, 0) is 98.5 Å². The summed E-state index contributed by atoms with van der Waals surface area (Å²) < 4.78 is 0. The number of allylic oxidation sites excluding steroid dienone is 1. The van der Waals surface area contributed by atoms with Crippen LogP contribution in [0.4, 0.5) is 5.69 Å². The molecule has 4 fully saturated rings. The minimum atomic E-state index is -0.521. The van der Waals surface area contributed by atoms with Crippen LogP contribution in [0.3, 0.4) is 0 Å². The number of anilines is 1. The average Bonchev–Trinajstić information content (AvgIpc) is 2.99. The summed E-state index contributed by atoms with van der Waals surface area (Å²) in [5.41, 5.74) is 1.88. The molecule has 0 saturated heterocycles. The van der Waals surface area contributed by atoms with Gasteiger partial charge in [0.05, 0.1) is 5.60 Å². The van der Waals surface area contributed by atoms with E-state index >= 15 is 0 Å². The van der Waals surface area contributed by atoms with Crippen molar-refractivity contribution in [3.8, 4) is 0 Å². The van der Waals surface area contributed by atoms with Gasteiger partial charge in [0.2, 0.25) is 0 Å². The van der Waals surface area contributed by atoms with Gasteiger partial charge in [-0.2, -0.15) is 0 Å². The Kier molecular flexibility index (Phi) is 4.93. The standard InChI is InChI=1S/C28H39NO2/c1-26-17-19(18-29(4)21-8-6-5-7-9-21)25(30)16-20(26)10-11-22-23(26)12-14-27(2)24(22)13-15-28(27,3)31/h5-9,18,20,22-24,31H,10-17H2,1-4H3. The van der Waals surface area contributed by atoms with Gasteiger partial charge in [-0.25, -0.2) is 0 Å². The minimum Gasteiger partial charge on any atom is -0.390 e. The second-order valence-electron chi connectivity index (χ2n) is 11.8. The van der Waals surface area contributed by atoms with Crippen LogP contribution >= 0.6 is 0 Å². The number of hydrogen-bond acceptors (Lipinski definition) is 3. The number of aliphatic hydroxyl groups is 1. The van der Waals surface area contributed by atoms with E-state index in [4.69, 9.17) is 0 Å². The molecule has 0 aliphatic heterocycles. The lowest BCUT2D eigenvalue weighted by atomic mass is 9.44. The van der Waals surface area contributed by atoms with Crippen molar-refractivity contribution in [2.45, 2.75) is 77.7 Å². The summed E-state index contributed by atoms with van der Waals surface area (Å²) in [5, 5.41) is 11.2. The summed E-state index contributed by atoms with van der Waals surface area (Å²) in [4.78, 5) is 15.2. The molecule has 4 saturated carbocycles. The summed E-state index contributed by atoms with van der Waals surface area (Å²) in [5.74, 6) is 2.89. The zero-order valence-corrected chi connectivity index (χ0v) is 19.7. The highest BCUT2D eigenvalue weighted by atomic mass is 16.3. The van der Waals surface area contributed by atoms with E-state index in [9.17, 15) is 9.90 Å². The Labute approximate surface area is 187 Å². The monoisotopic (exact) mass is 421 g/mol. The van der Waals surface area contributed by atoms with E-state index in [1.54, 1.807) is 0 Å². The molecular formula is C28H39NO2. The fraction of sp³-hybridized carbons (Fsp3) is 0.679. The van der Waals surface area contributed by atoms with Crippen molar-refractivity contribution in [3.05, 3.63) is 42.1 Å². The van der Waals surface area contributed by atoms with Crippen LogP contribution in [-0.4, -0.2) is 23.5 Å². The van der Waals surface area contributed by atoms with Crippen molar-refractivity contribution in [2.75, 3.05) is 11.9 Å². The van der Waals surface area contributed by atoms with Crippen LogP contribution in [0.5, 0.6) is 0 Å².